The van der Waals surface area contributed by atoms with E-state index in [1.165, 1.54) is 0 Å². The Balaban J connectivity index is 0.000000194. The predicted molar refractivity (Wildman–Crippen MR) is 189 cm³/mol. The van der Waals surface area contributed by atoms with Crippen LogP contribution in [0.15, 0.2) is 109 Å². The van der Waals surface area contributed by atoms with Crippen LogP contribution >= 0.6 is 0 Å². The number of rotatable bonds is 8. The molecule has 264 valence electrons. The van der Waals surface area contributed by atoms with Crippen molar-refractivity contribution in [3.63, 3.8) is 0 Å². The van der Waals surface area contributed by atoms with Gasteiger partial charge in [-0.3, -0.25) is 0 Å². The molecule has 2 saturated heterocycles. The van der Waals surface area contributed by atoms with E-state index >= 15 is 0 Å². The van der Waals surface area contributed by atoms with Crippen LogP contribution in [0.25, 0.3) is 24.3 Å². The third-order valence-corrected chi connectivity index (χ3v) is 8.80. The van der Waals surface area contributed by atoms with Gasteiger partial charge in [0.15, 0.2) is 0 Å². The van der Waals surface area contributed by atoms with E-state index in [0.717, 1.165) is 22.3 Å². The van der Waals surface area contributed by atoms with Crippen molar-refractivity contribution in [2.75, 3.05) is 13.2 Å². The Morgan fingerprint density at radius 2 is 0.740 bits per heavy atom. The molecule has 2 aliphatic heterocycles. The van der Waals surface area contributed by atoms with E-state index in [4.69, 9.17) is 9.47 Å². The molecule has 10 atom stereocenters. The molecule has 4 aromatic rings. The number of ether oxygens (including phenoxy) is 2. The second kappa shape index (κ2) is 17.8. The van der Waals surface area contributed by atoms with E-state index < -0.39 is 74.3 Å². The lowest BCUT2D eigenvalue weighted by Crippen LogP contribution is -2.55. The van der Waals surface area contributed by atoms with Crippen molar-refractivity contribution in [3.8, 4) is 0 Å². The maximum atomic E-state index is 10.2. The Bertz CT molecular complexity index is 1550. The summed E-state index contributed by atoms with van der Waals surface area (Å²) in [5.41, 5.74) is 5.32. The molecule has 0 aromatic heterocycles. The molecule has 0 amide bonds. The van der Waals surface area contributed by atoms with Crippen molar-refractivity contribution in [1.29, 1.82) is 0 Å². The Morgan fingerprint density at radius 3 is 1.10 bits per heavy atom. The van der Waals surface area contributed by atoms with Gasteiger partial charge in [0.2, 0.25) is 0 Å². The zero-order chi connectivity index (χ0) is 35.6. The summed E-state index contributed by atoms with van der Waals surface area (Å²) in [6.07, 6.45) is -3.60. The third kappa shape index (κ3) is 9.19. The van der Waals surface area contributed by atoms with Crippen molar-refractivity contribution in [3.05, 3.63) is 143 Å². The van der Waals surface area contributed by atoms with E-state index in [1.807, 2.05) is 121 Å². The molecule has 0 aliphatic carbocycles. The lowest BCUT2D eigenvalue weighted by molar-refractivity contribution is -0.231. The van der Waals surface area contributed by atoms with Crippen molar-refractivity contribution in [1.82, 2.24) is 0 Å². The minimum atomic E-state index is -1.38. The summed E-state index contributed by atoms with van der Waals surface area (Å²) in [5.74, 6) is 0. The minimum Gasteiger partial charge on any atom is -0.394 e. The van der Waals surface area contributed by atoms with Crippen LogP contribution in [0.2, 0.25) is 0 Å². The van der Waals surface area contributed by atoms with Crippen molar-refractivity contribution < 1.29 is 50.3 Å². The number of hydrogen-bond donors (Lipinski definition) is 8. The highest BCUT2D eigenvalue weighted by molar-refractivity contribution is 5.70. The molecule has 2 heterocycles. The minimum absolute atomic E-state index is 0.435. The van der Waals surface area contributed by atoms with Gasteiger partial charge in [0, 0.05) is 0 Å². The molecule has 4 aromatic carbocycles. The molecule has 2 aliphatic rings. The first-order chi connectivity index (χ1) is 24.2. The van der Waals surface area contributed by atoms with Gasteiger partial charge in [0.05, 0.1) is 13.2 Å². The van der Waals surface area contributed by atoms with Gasteiger partial charge in [-0.05, 0) is 45.5 Å². The Hall–Kier alpha value is -4.04. The van der Waals surface area contributed by atoms with Gasteiger partial charge < -0.3 is 50.3 Å². The molecule has 0 bridgehead atoms. The van der Waals surface area contributed by atoms with Gasteiger partial charge in [-0.25, -0.2) is 0 Å². The average Bonchev–Trinajstić information content (AvgIpc) is 3.16. The van der Waals surface area contributed by atoms with Gasteiger partial charge in [-0.15, -0.1) is 0 Å². The molecular weight excluding hydrogens is 640 g/mol. The monoisotopic (exact) mass is 684 g/mol. The highest BCUT2D eigenvalue weighted by Gasteiger charge is 2.45. The van der Waals surface area contributed by atoms with Gasteiger partial charge in [0.1, 0.15) is 61.0 Å². The highest BCUT2D eigenvalue weighted by atomic mass is 16.6. The lowest BCUT2D eigenvalue weighted by atomic mass is 9.90. The van der Waals surface area contributed by atoms with Gasteiger partial charge in [0.25, 0.3) is 0 Å². The molecule has 6 rings (SSSR count). The average molecular weight is 685 g/mol. The van der Waals surface area contributed by atoms with E-state index in [1.54, 1.807) is 12.1 Å². The van der Waals surface area contributed by atoms with Crippen LogP contribution in [-0.4, -0.2) is 103 Å². The predicted octanol–water partition coefficient (Wildman–Crippen LogP) is 2.74. The van der Waals surface area contributed by atoms with Crippen molar-refractivity contribution in [2.24, 2.45) is 0 Å². The number of aliphatic hydroxyl groups excluding tert-OH is 8. The molecule has 0 saturated carbocycles. The molecule has 0 spiro atoms. The number of aliphatic hydroxyl groups is 8. The van der Waals surface area contributed by atoms with E-state index in [9.17, 15) is 40.9 Å². The van der Waals surface area contributed by atoms with Crippen molar-refractivity contribution >= 4 is 24.3 Å². The van der Waals surface area contributed by atoms with Crippen molar-refractivity contribution in [2.45, 2.75) is 61.0 Å². The summed E-state index contributed by atoms with van der Waals surface area (Å²) in [6, 6.07) is 34.5. The summed E-state index contributed by atoms with van der Waals surface area (Å²) in [5, 5.41) is 78.7. The Labute approximate surface area is 291 Å². The largest absolute Gasteiger partial charge is 0.394 e. The lowest BCUT2D eigenvalue weighted by Gasteiger charge is -2.40. The maximum Gasteiger partial charge on any atom is 0.113 e. The van der Waals surface area contributed by atoms with E-state index in [0.29, 0.717) is 11.1 Å². The van der Waals surface area contributed by atoms with Crippen LogP contribution in [0.1, 0.15) is 45.6 Å². The van der Waals surface area contributed by atoms with Crippen LogP contribution in [-0.2, 0) is 9.47 Å². The van der Waals surface area contributed by atoms with E-state index in [-0.39, 0.29) is 0 Å². The quantitative estimate of drug-likeness (QED) is 0.129. The number of hydrogen-bond acceptors (Lipinski definition) is 10. The van der Waals surface area contributed by atoms with Crippen LogP contribution in [0.5, 0.6) is 0 Å². The molecule has 10 nitrogen and oxygen atoms in total. The van der Waals surface area contributed by atoms with Crippen LogP contribution in [0.4, 0.5) is 0 Å². The normalized spacial score (nSPS) is 29.8. The fourth-order valence-corrected chi connectivity index (χ4v) is 5.95. The molecule has 50 heavy (non-hydrogen) atoms. The summed E-state index contributed by atoms with van der Waals surface area (Å²) in [4.78, 5) is 0. The maximum absolute atomic E-state index is 10.2. The van der Waals surface area contributed by atoms with Gasteiger partial charge in [-0.1, -0.05) is 121 Å². The smallest absolute Gasteiger partial charge is 0.113 e. The molecular formula is C40H44O10. The fourth-order valence-electron chi connectivity index (χ4n) is 5.95. The van der Waals surface area contributed by atoms with E-state index in [2.05, 4.69) is 0 Å². The van der Waals surface area contributed by atoms with Gasteiger partial charge in [-0.2, -0.15) is 0 Å². The zero-order valence-corrected chi connectivity index (χ0v) is 27.3. The summed E-state index contributed by atoms with van der Waals surface area (Å²) in [6.45, 7) is -0.871. The third-order valence-electron chi connectivity index (χ3n) is 8.80. The standard InChI is InChI=1S/2C20H22O5/c2*21-12-16-17(22)18(23)19(24)20(25-16)15-8-4-7-14(11-15)10-9-13-5-2-1-3-6-13/h2*1-11,16-24H,12H2/b10-9+;10-9-/t2*16-,17-,18+,19+,20-/m11/s1. The molecule has 0 radical (unpaired) electrons. The van der Waals surface area contributed by atoms with Crippen LogP contribution < -0.4 is 0 Å². The SMILES string of the molecule is OC[C@H]1O[C@H](c2cccc(/C=C/c3ccccc3)c2)[C@@H](O)[C@@H](O)[C@@H]1O.OC[C@H]1O[C@H](c2cccc(/C=C\c3ccccc3)c2)[C@@H](O)[C@@H](O)[C@@H]1O. The topological polar surface area (TPSA) is 180 Å². The highest BCUT2D eigenvalue weighted by Crippen LogP contribution is 2.34. The molecule has 10 heteroatoms. The second-order valence-electron chi connectivity index (χ2n) is 12.3. The summed E-state index contributed by atoms with van der Waals surface area (Å²) >= 11 is 0. The second-order valence-corrected chi connectivity index (χ2v) is 12.3. The first-order valence-corrected chi connectivity index (χ1v) is 16.5. The summed E-state index contributed by atoms with van der Waals surface area (Å²) < 4.78 is 11.2. The zero-order valence-electron chi connectivity index (χ0n) is 27.3. The first kappa shape index (κ1) is 37.2. The number of benzene rings is 4. The van der Waals surface area contributed by atoms with Gasteiger partial charge >= 0.3 is 0 Å². The Kier molecular flexibility index (Phi) is 13.2. The molecule has 8 N–H and O–H groups in total. The van der Waals surface area contributed by atoms with Crippen LogP contribution in [0, 0.1) is 0 Å². The first-order valence-electron chi connectivity index (χ1n) is 16.5. The summed E-state index contributed by atoms with van der Waals surface area (Å²) in [7, 11) is 0. The molecule has 0 unspecified atom stereocenters. The van der Waals surface area contributed by atoms with Crippen LogP contribution in [0.3, 0.4) is 0 Å². The molecule has 2 fully saturated rings. The fraction of sp³-hybridized carbons (Fsp3) is 0.300. The Morgan fingerprint density at radius 1 is 0.400 bits per heavy atom.